The van der Waals surface area contributed by atoms with Gasteiger partial charge >= 0.3 is 13.5 Å². The molecule has 0 spiro atoms. The molecule has 6 heteroatoms. The Hall–Kier alpha value is -0.740. The van der Waals surface area contributed by atoms with Crippen LogP contribution in [0.4, 0.5) is 0 Å². The van der Waals surface area contributed by atoms with Crippen LogP contribution >= 0.6 is 7.60 Å². The number of carbonyl (C=O) groups excluding carboxylic acids is 1. The largest absolute Gasteiger partial charge is 0.329 e. The molecule has 0 saturated heterocycles. The zero-order chi connectivity index (χ0) is 19.7. The van der Waals surface area contributed by atoms with Crippen molar-refractivity contribution in [3.63, 3.8) is 0 Å². The maximum Gasteiger partial charge on any atom is 0.329 e. The molecule has 1 amide bonds. The van der Waals surface area contributed by atoms with Crippen LogP contribution in [0.1, 0.15) is 59.8 Å². The van der Waals surface area contributed by atoms with Crippen molar-refractivity contribution in [3.8, 4) is 0 Å². The molecule has 0 aliphatic heterocycles. The molecule has 1 rings (SSSR count). The summed E-state index contributed by atoms with van der Waals surface area (Å²) >= 11 is 0. The minimum Gasteiger partial charge on any atom is -0.324 e. The summed E-state index contributed by atoms with van der Waals surface area (Å²) in [6.45, 7) is 10.3. The first-order valence-corrected chi connectivity index (χ1v) is 11.8. The summed E-state index contributed by atoms with van der Waals surface area (Å²) in [5.41, 5.74) is -0.967. The zero-order valence-electron chi connectivity index (χ0n) is 16.9. The third-order valence-electron chi connectivity index (χ3n) is 5.46. The van der Waals surface area contributed by atoms with Crippen LogP contribution in [0.5, 0.6) is 0 Å². The number of allylic oxidation sites excluding steroid dienone is 3. The van der Waals surface area contributed by atoms with Crippen molar-refractivity contribution < 1.29 is 23.3 Å². The lowest BCUT2D eigenvalue weighted by atomic mass is 9.81. The average molecular weight is 386 g/mol. The van der Waals surface area contributed by atoms with Gasteiger partial charge in [0.2, 0.25) is 0 Å². The van der Waals surface area contributed by atoms with Crippen LogP contribution in [-0.2, 0) is 13.9 Å². The van der Waals surface area contributed by atoms with E-state index >= 15 is 0 Å². The summed E-state index contributed by atoms with van der Waals surface area (Å²) in [7, 11) is -3.82. The molecule has 150 valence electrons. The molecular weight excluding hydrogens is 349 g/mol. The summed E-state index contributed by atoms with van der Waals surface area (Å²) < 4.78 is 18.0. The molecule has 26 heavy (non-hydrogen) atoms. The number of hydrogen-bond donors (Lipinski definition) is 1. The Balaban J connectivity index is 3.13. The molecule has 1 N–H and O–H groups in total. The number of amides is 1. The first kappa shape index (κ1) is 23.3. The van der Waals surface area contributed by atoms with Crippen molar-refractivity contribution in [2.24, 2.45) is 5.41 Å². The minimum absolute atomic E-state index is 0.0496. The lowest BCUT2D eigenvalue weighted by molar-refractivity contribution is -0.854. The molecule has 2 atom stereocenters. The molecule has 2 unspecified atom stereocenters. The van der Waals surface area contributed by atoms with Crippen LogP contribution in [0.25, 0.3) is 0 Å². The number of quaternary nitrogens is 1. The third-order valence-corrected chi connectivity index (χ3v) is 7.09. The van der Waals surface area contributed by atoms with Crippen LogP contribution in [0, 0.1) is 5.41 Å². The van der Waals surface area contributed by atoms with Gasteiger partial charge in [0.1, 0.15) is 5.41 Å². The summed E-state index contributed by atoms with van der Waals surface area (Å²) in [6, 6.07) is 0. The molecule has 0 heterocycles. The topological polar surface area (TPSA) is 63.6 Å². The Morgan fingerprint density at radius 1 is 1.15 bits per heavy atom. The summed E-state index contributed by atoms with van der Waals surface area (Å²) in [4.78, 5) is 24.0. The van der Waals surface area contributed by atoms with E-state index in [4.69, 9.17) is 4.52 Å². The fourth-order valence-electron chi connectivity index (χ4n) is 3.85. The smallest absolute Gasteiger partial charge is 0.324 e. The van der Waals surface area contributed by atoms with Gasteiger partial charge in [-0.25, -0.2) is 4.79 Å². The highest BCUT2D eigenvalue weighted by Gasteiger charge is 2.51. The number of rotatable bonds is 12. The molecule has 5 nitrogen and oxygen atoms in total. The lowest BCUT2D eigenvalue weighted by Gasteiger charge is -2.41. The standard InChI is InChI=1S/C20H36NO4P/c1-5-9-10-14-17-21(6-2,7-3)19(22)20(15-12-11-13-16-20)18-26(23,24)25-8-4/h11-13,15H,5-10,14,16-18H2,1-4H3/p+1. The number of carbonyl (C=O) groups is 1. The van der Waals surface area contributed by atoms with Crippen LogP contribution < -0.4 is 0 Å². The molecule has 0 aromatic carbocycles. The first-order chi connectivity index (χ1) is 12.3. The van der Waals surface area contributed by atoms with Gasteiger partial charge in [0.05, 0.1) is 32.4 Å². The van der Waals surface area contributed by atoms with Crippen LogP contribution in [0.15, 0.2) is 24.3 Å². The van der Waals surface area contributed by atoms with Crippen molar-refractivity contribution in [1.82, 2.24) is 0 Å². The molecule has 1 aliphatic rings. The van der Waals surface area contributed by atoms with Crippen molar-refractivity contribution in [1.29, 1.82) is 0 Å². The Labute approximate surface area is 159 Å². The van der Waals surface area contributed by atoms with Crippen LogP contribution in [0.3, 0.4) is 0 Å². The first-order valence-electron chi connectivity index (χ1n) is 10.0. The second-order valence-electron chi connectivity index (χ2n) is 7.23. The van der Waals surface area contributed by atoms with Gasteiger partial charge in [0.25, 0.3) is 0 Å². The molecule has 1 aliphatic carbocycles. The minimum atomic E-state index is -3.82. The monoisotopic (exact) mass is 386 g/mol. The molecule has 0 radical (unpaired) electrons. The maximum absolute atomic E-state index is 13.7. The van der Waals surface area contributed by atoms with Crippen molar-refractivity contribution >= 4 is 13.5 Å². The van der Waals surface area contributed by atoms with Gasteiger partial charge in [0, 0.05) is 0 Å². The highest BCUT2D eigenvalue weighted by Crippen LogP contribution is 2.51. The van der Waals surface area contributed by atoms with E-state index in [2.05, 4.69) is 6.92 Å². The Kier molecular flexibility index (Phi) is 9.46. The van der Waals surface area contributed by atoms with Gasteiger partial charge in [-0.1, -0.05) is 44.1 Å². The number of nitrogens with zero attached hydrogens (tertiary/aromatic N) is 1. The molecule has 0 aromatic rings. The SMILES string of the molecule is CCCCCC[N+](CC)(CC)C(=O)C1(CP(=O)(O)OCC)C=CC=CC1. The summed E-state index contributed by atoms with van der Waals surface area (Å²) in [6.07, 6.45) is 12.2. The third kappa shape index (κ3) is 5.88. The Morgan fingerprint density at radius 3 is 2.35 bits per heavy atom. The van der Waals surface area contributed by atoms with Gasteiger partial charge in [-0.2, -0.15) is 0 Å². The van der Waals surface area contributed by atoms with Crippen molar-refractivity contribution in [2.45, 2.75) is 59.8 Å². The second kappa shape index (κ2) is 10.6. The quantitative estimate of drug-likeness (QED) is 0.301. The zero-order valence-corrected chi connectivity index (χ0v) is 17.8. The molecule has 0 saturated carbocycles. The van der Waals surface area contributed by atoms with Gasteiger partial charge in [-0.05, 0) is 40.0 Å². The van der Waals surface area contributed by atoms with E-state index in [1.165, 1.54) is 6.42 Å². The molecular formula is C20H37NO4P+. The summed E-state index contributed by atoms with van der Waals surface area (Å²) in [5.74, 6) is 0.0496. The van der Waals surface area contributed by atoms with Crippen molar-refractivity contribution in [3.05, 3.63) is 24.3 Å². The van der Waals surface area contributed by atoms with Crippen molar-refractivity contribution in [2.75, 3.05) is 32.4 Å². The average Bonchev–Trinajstić information content (AvgIpc) is 2.62. The summed E-state index contributed by atoms with van der Waals surface area (Å²) in [5, 5.41) is 0. The second-order valence-corrected chi connectivity index (χ2v) is 9.08. The van der Waals surface area contributed by atoms with E-state index in [0.717, 1.165) is 25.8 Å². The van der Waals surface area contributed by atoms with Crippen LogP contribution in [-0.4, -0.2) is 47.7 Å². The maximum atomic E-state index is 13.7. The molecule has 0 bridgehead atoms. The number of unbranched alkanes of at least 4 members (excludes halogenated alkanes) is 3. The lowest BCUT2D eigenvalue weighted by Crippen LogP contribution is -2.59. The highest BCUT2D eigenvalue weighted by molar-refractivity contribution is 7.52. The van der Waals surface area contributed by atoms with E-state index in [0.29, 0.717) is 24.0 Å². The normalized spacial score (nSPS) is 22.3. The van der Waals surface area contributed by atoms with Gasteiger partial charge in [-0.15, -0.1) is 0 Å². The Morgan fingerprint density at radius 2 is 1.85 bits per heavy atom. The van der Waals surface area contributed by atoms with E-state index in [1.807, 2.05) is 38.2 Å². The fourth-order valence-corrected chi connectivity index (χ4v) is 5.43. The highest BCUT2D eigenvalue weighted by atomic mass is 31.2. The molecule has 0 fully saturated rings. The van der Waals surface area contributed by atoms with E-state index < -0.39 is 13.0 Å². The predicted molar refractivity (Wildman–Crippen MR) is 107 cm³/mol. The number of hydrogen-bond acceptors (Lipinski definition) is 3. The predicted octanol–water partition coefficient (Wildman–Crippen LogP) is 4.67. The van der Waals surface area contributed by atoms with Gasteiger partial charge in [-0.3, -0.25) is 9.05 Å². The van der Waals surface area contributed by atoms with E-state index in [1.54, 1.807) is 6.92 Å². The van der Waals surface area contributed by atoms with Gasteiger partial charge < -0.3 is 9.42 Å². The van der Waals surface area contributed by atoms with E-state index in [-0.39, 0.29) is 18.7 Å². The Bertz CT molecular complexity index is 554. The van der Waals surface area contributed by atoms with Gasteiger partial charge in [0.15, 0.2) is 0 Å². The fraction of sp³-hybridized carbons (Fsp3) is 0.750. The van der Waals surface area contributed by atoms with Crippen LogP contribution in [0.2, 0.25) is 0 Å². The van der Waals surface area contributed by atoms with E-state index in [9.17, 15) is 14.3 Å². The molecule has 0 aromatic heterocycles.